The Kier molecular flexibility index (Phi) is 3.80. The fourth-order valence-corrected chi connectivity index (χ4v) is 4.36. The average molecular weight is 323 g/mol. The van der Waals surface area contributed by atoms with Gasteiger partial charge in [-0.1, -0.05) is 60.7 Å². The van der Waals surface area contributed by atoms with Gasteiger partial charge in [0.15, 0.2) is 5.78 Å². The van der Waals surface area contributed by atoms with E-state index in [4.69, 9.17) is 0 Å². The molecule has 1 amide bonds. The summed E-state index contributed by atoms with van der Waals surface area (Å²) in [4.78, 5) is 27.4. The predicted molar refractivity (Wildman–Crippen MR) is 91.4 cm³/mol. The van der Waals surface area contributed by atoms with Gasteiger partial charge in [-0.15, -0.1) is 0 Å². The van der Waals surface area contributed by atoms with Crippen LogP contribution in [0.2, 0.25) is 0 Å². The number of Topliss-reactive ketones (excluding diaryl/α,β-unsaturated/α-hetero) is 1. The summed E-state index contributed by atoms with van der Waals surface area (Å²) in [6.07, 6.45) is -1.02. The third kappa shape index (κ3) is 1.72. The molecule has 2 unspecified atom stereocenters. The van der Waals surface area contributed by atoms with Gasteiger partial charge in [0.1, 0.15) is 11.0 Å². The third-order valence-corrected chi connectivity index (χ3v) is 5.27. The van der Waals surface area contributed by atoms with Crippen molar-refractivity contribution in [1.29, 1.82) is 0 Å². The van der Waals surface area contributed by atoms with Gasteiger partial charge in [-0.2, -0.15) is 0 Å². The molecule has 1 N–H and O–H groups in total. The van der Waals surface area contributed by atoms with Crippen LogP contribution in [0.5, 0.6) is 0 Å². The van der Waals surface area contributed by atoms with E-state index >= 15 is 0 Å². The molecule has 2 aromatic carbocycles. The molecule has 24 heavy (non-hydrogen) atoms. The molecule has 3 rings (SSSR count). The smallest absolute Gasteiger partial charge is 0.240 e. The fraction of sp³-hybridized carbons (Fsp3) is 0.300. The van der Waals surface area contributed by atoms with Crippen LogP contribution in [0.4, 0.5) is 0 Å². The zero-order valence-corrected chi connectivity index (χ0v) is 14.1. The monoisotopic (exact) mass is 323 g/mol. The molecular weight excluding hydrogens is 302 g/mol. The van der Waals surface area contributed by atoms with Crippen LogP contribution in [0.25, 0.3) is 0 Å². The summed E-state index contributed by atoms with van der Waals surface area (Å²) in [5.74, 6) is -0.414. The van der Waals surface area contributed by atoms with Gasteiger partial charge in [-0.3, -0.25) is 9.59 Å². The topological polar surface area (TPSA) is 57.6 Å². The van der Waals surface area contributed by atoms with E-state index in [0.29, 0.717) is 11.1 Å². The summed E-state index contributed by atoms with van der Waals surface area (Å²) in [6, 6.07) is 18.3. The second-order valence-electron chi connectivity index (χ2n) is 6.35. The van der Waals surface area contributed by atoms with E-state index in [0.717, 1.165) is 0 Å². The minimum Gasteiger partial charge on any atom is -0.392 e. The zero-order chi connectivity index (χ0) is 17.5. The summed E-state index contributed by atoms with van der Waals surface area (Å²) in [6.45, 7) is 3.06. The SMILES string of the molecule is CC(=O)C1(c2ccccc2)N(C)C(=O)C1(c1ccccc1)[C@@H](C)O. The van der Waals surface area contributed by atoms with Gasteiger partial charge in [-0.05, 0) is 25.0 Å². The second kappa shape index (κ2) is 5.56. The Labute approximate surface area is 141 Å². The highest BCUT2D eigenvalue weighted by molar-refractivity contribution is 6.10. The van der Waals surface area contributed by atoms with Gasteiger partial charge in [0.2, 0.25) is 5.91 Å². The molecule has 0 spiro atoms. The van der Waals surface area contributed by atoms with Crippen molar-refractivity contribution in [3.05, 3.63) is 71.8 Å². The molecule has 0 bridgehead atoms. The summed E-state index contributed by atoms with van der Waals surface area (Å²) in [5.41, 5.74) is -1.18. The van der Waals surface area contributed by atoms with Crippen LogP contribution in [-0.4, -0.2) is 34.8 Å². The first-order chi connectivity index (χ1) is 11.4. The first-order valence-corrected chi connectivity index (χ1v) is 8.00. The molecule has 3 atom stereocenters. The average Bonchev–Trinajstić information content (AvgIpc) is 2.59. The van der Waals surface area contributed by atoms with Crippen LogP contribution in [0.1, 0.15) is 25.0 Å². The van der Waals surface area contributed by atoms with Crippen LogP contribution in [0, 0.1) is 0 Å². The molecule has 0 aromatic heterocycles. The molecule has 4 heteroatoms. The Morgan fingerprint density at radius 1 is 1.00 bits per heavy atom. The summed E-state index contributed by atoms with van der Waals surface area (Å²) >= 11 is 0. The number of ketones is 1. The van der Waals surface area contributed by atoms with Crippen LogP contribution >= 0.6 is 0 Å². The molecule has 1 aliphatic heterocycles. The number of likely N-dealkylation sites (tertiary alicyclic amines) is 1. The number of rotatable bonds is 4. The minimum absolute atomic E-state index is 0.166. The number of aliphatic hydroxyl groups is 1. The van der Waals surface area contributed by atoms with Gasteiger partial charge in [0.05, 0.1) is 6.10 Å². The second-order valence-corrected chi connectivity index (χ2v) is 6.35. The first kappa shape index (κ1) is 16.4. The van der Waals surface area contributed by atoms with Crippen LogP contribution < -0.4 is 0 Å². The molecule has 0 saturated carbocycles. The van der Waals surface area contributed by atoms with Crippen molar-refractivity contribution in [2.75, 3.05) is 7.05 Å². The Morgan fingerprint density at radius 3 is 1.88 bits per heavy atom. The first-order valence-electron chi connectivity index (χ1n) is 8.00. The highest BCUT2D eigenvalue weighted by Crippen LogP contribution is 2.58. The summed E-state index contributed by atoms with van der Waals surface area (Å²) in [5, 5.41) is 10.7. The highest BCUT2D eigenvalue weighted by atomic mass is 16.3. The number of benzene rings is 2. The van der Waals surface area contributed by atoms with Crippen LogP contribution in [-0.2, 0) is 20.5 Å². The lowest BCUT2D eigenvalue weighted by atomic mass is 9.50. The van der Waals surface area contributed by atoms with Gasteiger partial charge in [0, 0.05) is 7.05 Å². The highest BCUT2D eigenvalue weighted by Gasteiger charge is 2.75. The maximum atomic E-state index is 13.0. The standard InChI is InChI=1S/C20H21NO3/c1-14(22)19(16-10-6-4-7-11-16)18(24)21(3)20(19,15(2)23)17-12-8-5-9-13-17/h4-14,22H,1-3H3/t14-,19?,20?/m1/s1. The Balaban J connectivity index is 2.38. The Morgan fingerprint density at radius 2 is 1.46 bits per heavy atom. The van der Waals surface area contributed by atoms with Crippen molar-refractivity contribution < 1.29 is 14.7 Å². The number of nitrogens with zero attached hydrogens (tertiary/aromatic N) is 1. The number of β-lactam (4-membered cyclic amide) rings is 1. The number of carbonyl (C=O) groups is 2. The van der Waals surface area contributed by atoms with Crippen molar-refractivity contribution in [1.82, 2.24) is 4.90 Å². The number of carbonyl (C=O) groups excluding carboxylic acids is 2. The summed E-state index contributed by atoms with van der Waals surface area (Å²) < 4.78 is 0. The van der Waals surface area contributed by atoms with Crippen LogP contribution in [0.3, 0.4) is 0 Å². The van der Waals surface area contributed by atoms with E-state index in [9.17, 15) is 14.7 Å². The molecule has 2 aromatic rings. The molecule has 1 aliphatic rings. The number of aliphatic hydroxyl groups excluding tert-OH is 1. The Hall–Kier alpha value is -2.46. The lowest BCUT2D eigenvalue weighted by Crippen LogP contribution is -2.82. The molecule has 1 saturated heterocycles. The molecule has 1 heterocycles. The zero-order valence-electron chi connectivity index (χ0n) is 14.1. The van der Waals surface area contributed by atoms with E-state index in [1.807, 2.05) is 48.5 Å². The van der Waals surface area contributed by atoms with Crippen molar-refractivity contribution in [3.63, 3.8) is 0 Å². The number of amides is 1. The largest absolute Gasteiger partial charge is 0.392 e. The van der Waals surface area contributed by atoms with Gasteiger partial charge in [-0.25, -0.2) is 0 Å². The van der Waals surface area contributed by atoms with Crippen molar-refractivity contribution in [2.24, 2.45) is 0 Å². The van der Waals surface area contributed by atoms with E-state index in [2.05, 4.69) is 0 Å². The van der Waals surface area contributed by atoms with Crippen LogP contribution in [0.15, 0.2) is 60.7 Å². The molecular formula is C20H21NO3. The molecule has 1 fully saturated rings. The summed E-state index contributed by atoms with van der Waals surface area (Å²) in [7, 11) is 1.63. The van der Waals surface area contributed by atoms with E-state index in [1.54, 1.807) is 26.1 Å². The van der Waals surface area contributed by atoms with E-state index in [-0.39, 0.29) is 11.7 Å². The molecule has 124 valence electrons. The maximum absolute atomic E-state index is 13.0. The van der Waals surface area contributed by atoms with Crippen molar-refractivity contribution in [3.8, 4) is 0 Å². The van der Waals surface area contributed by atoms with Crippen molar-refractivity contribution >= 4 is 11.7 Å². The normalized spacial score (nSPS) is 27.5. The molecule has 0 aliphatic carbocycles. The van der Waals surface area contributed by atoms with Gasteiger partial charge < -0.3 is 10.0 Å². The Bertz CT molecular complexity index is 732. The lowest BCUT2D eigenvalue weighted by Gasteiger charge is -2.64. The van der Waals surface area contributed by atoms with E-state index < -0.39 is 17.1 Å². The fourth-order valence-electron chi connectivity index (χ4n) is 4.36. The third-order valence-electron chi connectivity index (χ3n) is 5.27. The lowest BCUT2D eigenvalue weighted by molar-refractivity contribution is -0.193. The number of hydrogen-bond acceptors (Lipinski definition) is 3. The van der Waals surface area contributed by atoms with E-state index in [1.165, 1.54) is 11.8 Å². The number of likely N-dealkylation sites (N-methyl/N-ethyl adjacent to an activating group) is 1. The quantitative estimate of drug-likeness (QED) is 0.878. The predicted octanol–water partition coefficient (Wildman–Crippen LogP) is 2.26. The van der Waals surface area contributed by atoms with Crippen molar-refractivity contribution in [2.45, 2.75) is 30.9 Å². The minimum atomic E-state index is -1.32. The van der Waals surface area contributed by atoms with Gasteiger partial charge in [0.25, 0.3) is 0 Å². The molecule has 4 nitrogen and oxygen atoms in total. The maximum Gasteiger partial charge on any atom is 0.240 e. The number of hydrogen-bond donors (Lipinski definition) is 1. The molecule has 0 radical (unpaired) electrons. The van der Waals surface area contributed by atoms with Gasteiger partial charge >= 0.3 is 0 Å².